The molecule has 0 fully saturated rings. The van der Waals surface area contributed by atoms with E-state index in [2.05, 4.69) is 13.8 Å². The Labute approximate surface area is 129 Å². The molecule has 1 aromatic heterocycles. The van der Waals surface area contributed by atoms with Crippen LogP contribution in [0.3, 0.4) is 0 Å². The van der Waals surface area contributed by atoms with Gasteiger partial charge in [-0.3, -0.25) is 9.59 Å². The first kappa shape index (κ1) is 13.5. The number of hydrogen-bond acceptors (Lipinski definition) is 3. The summed E-state index contributed by atoms with van der Waals surface area (Å²) in [6, 6.07) is 3.87. The molecule has 3 nitrogen and oxygen atoms in total. The standard InChI is InChI=1S/C19H18O3/c1-10-9-22-18-14(10)16(20)12-6-7-13-11(15(12)17(18)21)5-4-8-19(13,2)3/h6-7,9H,4-5,8H2,1-3H3. The van der Waals surface area contributed by atoms with Crippen LogP contribution in [0, 0.1) is 6.92 Å². The monoisotopic (exact) mass is 294 g/mol. The second-order valence-corrected chi connectivity index (χ2v) is 7.03. The van der Waals surface area contributed by atoms with Crippen LogP contribution >= 0.6 is 0 Å². The smallest absolute Gasteiger partial charge is 0.229 e. The molecule has 0 atom stereocenters. The van der Waals surface area contributed by atoms with Gasteiger partial charge in [0.15, 0.2) is 11.5 Å². The van der Waals surface area contributed by atoms with Gasteiger partial charge in [0, 0.05) is 11.1 Å². The molecule has 0 amide bonds. The Bertz CT molecular complexity index is 837. The number of benzene rings is 1. The highest BCUT2D eigenvalue weighted by molar-refractivity contribution is 6.28. The van der Waals surface area contributed by atoms with Crippen molar-refractivity contribution in [1.29, 1.82) is 0 Å². The zero-order chi connectivity index (χ0) is 15.6. The summed E-state index contributed by atoms with van der Waals surface area (Å²) in [5.41, 5.74) is 4.59. The van der Waals surface area contributed by atoms with E-state index in [4.69, 9.17) is 4.42 Å². The van der Waals surface area contributed by atoms with Crippen molar-refractivity contribution in [2.24, 2.45) is 0 Å². The van der Waals surface area contributed by atoms with E-state index in [1.54, 1.807) is 6.92 Å². The van der Waals surface area contributed by atoms with E-state index in [0.29, 0.717) is 16.7 Å². The van der Waals surface area contributed by atoms with Crippen LogP contribution in [-0.2, 0) is 11.8 Å². The molecule has 4 rings (SSSR count). The summed E-state index contributed by atoms with van der Waals surface area (Å²) >= 11 is 0. The van der Waals surface area contributed by atoms with Crippen molar-refractivity contribution in [3.63, 3.8) is 0 Å². The van der Waals surface area contributed by atoms with Gasteiger partial charge in [-0.25, -0.2) is 0 Å². The van der Waals surface area contributed by atoms with Gasteiger partial charge in [-0.2, -0.15) is 0 Å². The fraction of sp³-hybridized carbons (Fsp3) is 0.368. The van der Waals surface area contributed by atoms with Crippen molar-refractivity contribution in [2.45, 2.75) is 45.4 Å². The van der Waals surface area contributed by atoms with Crippen LogP contribution in [0.5, 0.6) is 0 Å². The summed E-state index contributed by atoms with van der Waals surface area (Å²) in [6.45, 7) is 6.21. The lowest BCUT2D eigenvalue weighted by molar-refractivity contribution is 0.0958. The summed E-state index contributed by atoms with van der Waals surface area (Å²) < 4.78 is 5.40. The van der Waals surface area contributed by atoms with E-state index in [9.17, 15) is 9.59 Å². The molecule has 0 saturated carbocycles. The molecule has 0 bridgehead atoms. The topological polar surface area (TPSA) is 47.3 Å². The van der Waals surface area contributed by atoms with Gasteiger partial charge in [-0.05, 0) is 54.4 Å². The molecule has 0 aliphatic heterocycles. The zero-order valence-electron chi connectivity index (χ0n) is 13.1. The van der Waals surface area contributed by atoms with Gasteiger partial charge in [0.05, 0.1) is 11.8 Å². The number of carbonyl (C=O) groups is 2. The first-order valence-electron chi connectivity index (χ1n) is 7.75. The number of rotatable bonds is 0. The third-order valence-corrected chi connectivity index (χ3v) is 5.15. The number of aryl methyl sites for hydroxylation is 1. The Hall–Kier alpha value is -2.16. The van der Waals surface area contributed by atoms with E-state index in [0.717, 1.165) is 30.4 Å². The van der Waals surface area contributed by atoms with Gasteiger partial charge in [-0.1, -0.05) is 19.9 Å². The number of fused-ring (bicyclic) bond motifs is 4. The molecule has 1 heterocycles. The highest BCUT2D eigenvalue weighted by Crippen LogP contribution is 2.42. The van der Waals surface area contributed by atoms with E-state index in [1.807, 2.05) is 12.1 Å². The summed E-state index contributed by atoms with van der Waals surface area (Å²) in [5, 5.41) is 0. The molecular formula is C19H18O3. The minimum Gasteiger partial charge on any atom is -0.460 e. The number of ketones is 2. The van der Waals surface area contributed by atoms with Crippen LogP contribution in [-0.4, -0.2) is 11.6 Å². The molecule has 2 aliphatic rings. The zero-order valence-corrected chi connectivity index (χ0v) is 13.1. The SMILES string of the molecule is Cc1coc2c1C(=O)c1ccc3c(c1C2=O)CCCC3(C)C. The summed E-state index contributed by atoms with van der Waals surface area (Å²) in [7, 11) is 0. The molecule has 0 radical (unpaired) electrons. The van der Waals surface area contributed by atoms with Gasteiger partial charge >= 0.3 is 0 Å². The fourth-order valence-electron chi connectivity index (χ4n) is 3.97. The summed E-state index contributed by atoms with van der Waals surface area (Å²) in [5.74, 6) is 0.000981. The van der Waals surface area contributed by atoms with Crippen LogP contribution in [0.1, 0.15) is 75.4 Å². The van der Waals surface area contributed by atoms with Gasteiger partial charge < -0.3 is 4.42 Å². The van der Waals surface area contributed by atoms with Gasteiger partial charge in [0.2, 0.25) is 5.78 Å². The highest BCUT2D eigenvalue weighted by Gasteiger charge is 2.39. The Balaban J connectivity index is 2.03. The van der Waals surface area contributed by atoms with Crippen molar-refractivity contribution in [2.75, 3.05) is 0 Å². The molecule has 1 aromatic carbocycles. The predicted octanol–water partition coefficient (Wildman–Crippen LogP) is 3.98. The number of carbonyl (C=O) groups excluding carboxylic acids is 2. The fourth-order valence-corrected chi connectivity index (χ4v) is 3.97. The maximum Gasteiger partial charge on any atom is 0.229 e. The van der Waals surface area contributed by atoms with Crippen molar-refractivity contribution in [1.82, 2.24) is 0 Å². The van der Waals surface area contributed by atoms with E-state index < -0.39 is 0 Å². The molecule has 0 N–H and O–H groups in total. The maximum absolute atomic E-state index is 12.9. The largest absolute Gasteiger partial charge is 0.460 e. The molecule has 3 heteroatoms. The Morgan fingerprint density at radius 1 is 1.09 bits per heavy atom. The summed E-state index contributed by atoms with van der Waals surface area (Å²) in [6.07, 6.45) is 4.51. The maximum atomic E-state index is 12.9. The van der Waals surface area contributed by atoms with E-state index in [-0.39, 0.29) is 22.7 Å². The normalized spacial score (nSPS) is 18.7. The average Bonchev–Trinajstić information content (AvgIpc) is 2.86. The first-order chi connectivity index (χ1) is 10.4. The first-order valence-corrected chi connectivity index (χ1v) is 7.75. The molecular weight excluding hydrogens is 276 g/mol. The lowest BCUT2D eigenvalue weighted by Gasteiger charge is -2.34. The molecule has 0 unspecified atom stereocenters. The Morgan fingerprint density at radius 2 is 1.86 bits per heavy atom. The second-order valence-electron chi connectivity index (χ2n) is 7.03. The van der Waals surface area contributed by atoms with Crippen LogP contribution in [0.4, 0.5) is 0 Å². The van der Waals surface area contributed by atoms with Crippen molar-refractivity contribution < 1.29 is 14.0 Å². The molecule has 22 heavy (non-hydrogen) atoms. The van der Waals surface area contributed by atoms with Gasteiger partial charge in [0.1, 0.15) is 0 Å². The minimum atomic E-state index is -0.132. The minimum absolute atomic E-state index is 0.0469. The lowest BCUT2D eigenvalue weighted by atomic mass is 9.69. The molecule has 0 saturated heterocycles. The Morgan fingerprint density at radius 3 is 2.64 bits per heavy atom. The van der Waals surface area contributed by atoms with Crippen LogP contribution in [0.25, 0.3) is 0 Å². The molecule has 2 aliphatic carbocycles. The number of furan rings is 1. The quantitative estimate of drug-likeness (QED) is 0.630. The highest BCUT2D eigenvalue weighted by atomic mass is 16.3. The van der Waals surface area contributed by atoms with Crippen molar-refractivity contribution >= 4 is 11.6 Å². The van der Waals surface area contributed by atoms with E-state index >= 15 is 0 Å². The third-order valence-electron chi connectivity index (χ3n) is 5.15. The molecule has 112 valence electrons. The predicted molar refractivity (Wildman–Crippen MR) is 82.7 cm³/mol. The molecule has 2 aromatic rings. The van der Waals surface area contributed by atoms with Crippen LogP contribution < -0.4 is 0 Å². The van der Waals surface area contributed by atoms with Crippen LogP contribution in [0.15, 0.2) is 22.8 Å². The van der Waals surface area contributed by atoms with Gasteiger partial charge in [0.25, 0.3) is 0 Å². The third kappa shape index (κ3) is 1.57. The van der Waals surface area contributed by atoms with Crippen LogP contribution in [0.2, 0.25) is 0 Å². The Kier molecular flexibility index (Phi) is 2.57. The lowest BCUT2D eigenvalue weighted by Crippen LogP contribution is -2.29. The summed E-state index contributed by atoms with van der Waals surface area (Å²) in [4.78, 5) is 25.7. The second kappa shape index (κ2) is 4.19. The van der Waals surface area contributed by atoms with Gasteiger partial charge in [-0.15, -0.1) is 0 Å². The van der Waals surface area contributed by atoms with Crippen molar-refractivity contribution in [3.05, 3.63) is 57.5 Å². The average molecular weight is 294 g/mol. The van der Waals surface area contributed by atoms with Crippen molar-refractivity contribution in [3.8, 4) is 0 Å². The number of hydrogen-bond donors (Lipinski definition) is 0. The molecule has 0 spiro atoms. The van der Waals surface area contributed by atoms with E-state index in [1.165, 1.54) is 11.8 Å².